The van der Waals surface area contributed by atoms with Crippen LogP contribution in [0.25, 0.3) is 0 Å². The lowest BCUT2D eigenvalue weighted by Crippen LogP contribution is -2.44. The van der Waals surface area contributed by atoms with Gasteiger partial charge >= 0.3 is 0 Å². The minimum atomic E-state index is 0.0888. The molecule has 5 heterocycles. The van der Waals surface area contributed by atoms with E-state index in [0.717, 1.165) is 48.9 Å². The van der Waals surface area contributed by atoms with Crippen molar-refractivity contribution in [2.24, 2.45) is 11.1 Å². The maximum atomic E-state index is 6.60. The van der Waals surface area contributed by atoms with Crippen LogP contribution in [0.15, 0.2) is 52.6 Å². The van der Waals surface area contributed by atoms with E-state index in [1.165, 1.54) is 16.2 Å². The van der Waals surface area contributed by atoms with Gasteiger partial charge in [0, 0.05) is 59.1 Å². The second-order valence-electron chi connectivity index (χ2n) is 8.21. The Bertz CT molecular complexity index is 1020. The molecule has 150 valence electrons. The predicted molar refractivity (Wildman–Crippen MR) is 115 cm³/mol. The predicted octanol–water partition coefficient (Wildman–Crippen LogP) is 3.74. The Balaban J connectivity index is 1.25. The number of aryl methyl sites for hydroxylation is 1. The lowest BCUT2D eigenvalue weighted by Gasteiger charge is -2.41. The molecule has 1 saturated heterocycles. The largest absolute Gasteiger partial charge is 0.357 e. The summed E-state index contributed by atoms with van der Waals surface area (Å²) in [5.74, 6) is 1.05. The van der Waals surface area contributed by atoms with Crippen molar-refractivity contribution < 1.29 is 0 Å². The highest BCUT2D eigenvalue weighted by Gasteiger charge is 2.46. The third kappa shape index (κ3) is 3.22. The number of pyridine rings is 2. The first-order chi connectivity index (χ1) is 14.1. The van der Waals surface area contributed by atoms with Gasteiger partial charge in [0.25, 0.3) is 0 Å². The summed E-state index contributed by atoms with van der Waals surface area (Å²) in [6, 6.07) is 8.54. The van der Waals surface area contributed by atoms with Gasteiger partial charge in [0.2, 0.25) is 0 Å². The van der Waals surface area contributed by atoms with Gasteiger partial charge in [0.1, 0.15) is 5.82 Å². The summed E-state index contributed by atoms with van der Waals surface area (Å²) in [7, 11) is 0. The molecule has 1 atom stereocenters. The van der Waals surface area contributed by atoms with Gasteiger partial charge in [-0.2, -0.15) is 5.10 Å². The standard InChI is InChI=1S/C22H26N6S/c1-15-16(2)24-9-6-19(15)29-17-3-4-20(25-13-17)27-11-7-22(8-12-27)14-28-18(21(22)23)5-10-26-28/h3-6,9-10,13,21H,7-8,11-12,14,23H2,1-2H3/t21-/m1/s1. The fourth-order valence-electron chi connectivity index (χ4n) is 4.57. The molecule has 2 N–H and O–H groups in total. The molecule has 5 rings (SSSR count). The quantitative estimate of drug-likeness (QED) is 0.714. The number of hydrogen-bond acceptors (Lipinski definition) is 6. The second-order valence-corrected chi connectivity index (χ2v) is 9.33. The van der Waals surface area contributed by atoms with Gasteiger partial charge in [-0.25, -0.2) is 4.98 Å². The molecule has 0 aliphatic carbocycles. The summed E-state index contributed by atoms with van der Waals surface area (Å²) < 4.78 is 2.09. The highest BCUT2D eigenvalue weighted by atomic mass is 32.2. The molecule has 0 bridgehead atoms. The van der Waals surface area contributed by atoms with Gasteiger partial charge in [-0.15, -0.1) is 0 Å². The highest BCUT2D eigenvalue weighted by Crippen LogP contribution is 2.47. The Morgan fingerprint density at radius 3 is 2.62 bits per heavy atom. The van der Waals surface area contributed by atoms with Gasteiger partial charge in [0.05, 0.1) is 11.7 Å². The Morgan fingerprint density at radius 1 is 1.07 bits per heavy atom. The van der Waals surface area contributed by atoms with E-state index in [0.29, 0.717) is 0 Å². The van der Waals surface area contributed by atoms with Crippen molar-refractivity contribution in [2.45, 2.75) is 49.1 Å². The monoisotopic (exact) mass is 406 g/mol. The van der Waals surface area contributed by atoms with Crippen LogP contribution in [-0.4, -0.2) is 32.8 Å². The van der Waals surface area contributed by atoms with E-state index in [-0.39, 0.29) is 11.5 Å². The first kappa shape index (κ1) is 18.6. The molecule has 2 aliphatic heterocycles. The maximum absolute atomic E-state index is 6.60. The molecular formula is C22H26N6S. The zero-order valence-corrected chi connectivity index (χ0v) is 17.7. The first-order valence-corrected chi connectivity index (χ1v) is 11.0. The lowest BCUT2D eigenvalue weighted by molar-refractivity contribution is 0.170. The maximum Gasteiger partial charge on any atom is 0.128 e. The van der Waals surface area contributed by atoms with Crippen molar-refractivity contribution in [3.05, 3.63) is 59.8 Å². The summed E-state index contributed by atoms with van der Waals surface area (Å²) in [4.78, 5) is 13.9. The molecule has 29 heavy (non-hydrogen) atoms. The molecular weight excluding hydrogens is 380 g/mol. The third-order valence-corrected chi connectivity index (χ3v) is 7.77. The number of nitrogens with zero attached hydrogens (tertiary/aromatic N) is 5. The average Bonchev–Trinajstić information content (AvgIpc) is 3.28. The summed E-state index contributed by atoms with van der Waals surface area (Å²) >= 11 is 1.75. The molecule has 3 aromatic heterocycles. The summed E-state index contributed by atoms with van der Waals surface area (Å²) in [5.41, 5.74) is 10.2. The molecule has 2 aliphatic rings. The lowest BCUT2D eigenvalue weighted by atomic mass is 9.73. The van der Waals surface area contributed by atoms with E-state index in [2.05, 4.69) is 50.9 Å². The number of hydrogen-bond donors (Lipinski definition) is 1. The van der Waals surface area contributed by atoms with Crippen LogP contribution in [0.4, 0.5) is 5.82 Å². The van der Waals surface area contributed by atoms with Crippen LogP contribution >= 0.6 is 11.8 Å². The van der Waals surface area contributed by atoms with Crippen LogP contribution in [0.5, 0.6) is 0 Å². The first-order valence-electron chi connectivity index (χ1n) is 10.1. The van der Waals surface area contributed by atoms with Crippen LogP contribution in [0.1, 0.15) is 35.8 Å². The third-order valence-electron chi connectivity index (χ3n) is 6.63. The number of fused-ring (bicyclic) bond motifs is 1. The summed E-state index contributed by atoms with van der Waals surface area (Å²) in [5, 5.41) is 4.43. The topological polar surface area (TPSA) is 72.9 Å². The average molecular weight is 407 g/mol. The highest BCUT2D eigenvalue weighted by molar-refractivity contribution is 7.99. The van der Waals surface area contributed by atoms with Gasteiger partial charge in [-0.05, 0) is 56.5 Å². The summed E-state index contributed by atoms with van der Waals surface area (Å²) in [6.07, 6.45) is 7.86. The van der Waals surface area contributed by atoms with E-state index in [1.807, 2.05) is 25.5 Å². The fraction of sp³-hybridized carbons (Fsp3) is 0.409. The molecule has 0 amide bonds. The molecule has 0 unspecified atom stereocenters. The normalized spacial score (nSPS) is 20.2. The van der Waals surface area contributed by atoms with Gasteiger partial charge in [0.15, 0.2) is 0 Å². The minimum absolute atomic E-state index is 0.0888. The smallest absolute Gasteiger partial charge is 0.128 e. The van der Waals surface area contributed by atoms with Crippen LogP contribution in [-0.2, 0) is 6.54 Å². The number of anilines is 1. The number of rotatable bonds is 3. The molecule has 1 spiro atoms. The molecule has 3 aromatic rings. The van der Waals surface area contributed by atoms with Crippen LogP contribution in [0.3, 0.4) is 0 Å². The van der Waals surface area contributed by atoms with Crippen molar-refractivity contribution in [1.29, 1.82) is 0 Å². The SMILES string of the molecule is Cc1nccc(Sc2ccc(N3CCC4(CC3)Cn3nccc3[C@H]4N)nc2)c1C. The number of nitrogens with two attached hydrogens (primary N) is 1. The van der Waals surface area contributed by atoms with Gasteiger partial charge in [-0.3, -0.25) is 9.67 Å². The van der Waals surface area contributed by atoms with Crippen molar-refractivity contribution in [2.75, 3.05) is 18.0 Å². The second kappa shape index (κ2) is 7.15. The van der Waals surface area contributed by atoms with E-state index in [1.54, 1.807) is 11.8 Å². The van der Waals surface area contributed by atoms with Crippen LogP contribution < -0.4 is 10.6 Å². The zero-order chi connectivity index (χ0) is 20.0. The van der Waals surface area contributed by atoms with Crippen LogP contribution in [0, 0.1) is 19.3 Å². The molecule has 1 fully saturated rings. The zero-order valence-electron chi connectivity index (χ0n) is 16.9. The molecule has 0 aromatic carbocycles. The van der Waals surface area contributed by atoms with Crippen molar-refractivity contribution in [3.8, 4) is 0 Å². The minimum Gasteiger partial charge on any atom is -0.357 e. The van der Waals surface area contributed by atoms with Crippen molar-refractivity contribution in [1.82, 2.24) is 19.7 Å². The van der Waals surface area contributed by atoms with E-state index >= 15 is 0 Å². The Kier molecular flexibility index (Phi) is 4.59. The van der Waals surface area contributed by atoms with E-state index < -0.39 is 0 Å². The fourth-order valence-corrected chi connectivity index (χ4v) is 5.50. The Hall–Kier alpha value is -2.38. The van der Waals surface area contributed by atoms with Crippen LogP contribution in [0.2, 0.25) is 0 Å². The van der Waals surface area contributed by atoms with Gasteiger partial charge < -0.3 is 10.6 Å². The molecule has 0 saturated carbocycles. The molecule has 0 radical (unpaired) electrons. The number of piperidine rings is 1. The van der Waals surface area contributed by atoms with E-state index in [4.69, 9.17) is 10.7 Å². The van der Waals surface area contributed by atoms with Crippen molar-refractivity contribution in [3.63, 3.8) is 0 Å². The van der Waals surface area contributed by atoms with Gasteiger partial charge in [-0.1, -0.05) is 11.8 Å². The van der Waals surface area contributed by atoms with Crippen molar-refractivity contribution >= 4 is 17.6 Å². The molecule has 6 nitrogen and oxygen atoms in total. The number of aromatic nitrogens is 4. The Labute approximate surface area is 175 Å². The van der Waals surface area contributed by atoms with E-state index in [9.17, 15) is 0 Å². The Morgan fingerprint density at radius 2 is 1.90 bits per heavy atom. The molecule has 7 heteroatoms. The summed E-state index contributed by atoms with van der Waals surface area (Å²) in [6.45, 7) is 7.09.